The first-order chi connectivity index (χ1) is 30.9. The van der Waals surface area contributed by atoms with Crippen LogP contribution in [0.3, 0.4) is 0 Å². The lowest BCUT2D eigenvalue weighted by Gasteiger charge is -2.36. The van der Waals surface area contributed by atoms with Crippen LogP contribution < -0.4 is 25.4 Å². The number of aryl methyl sites for hydroxylation is 1. The third kappa shape index (κ3) is 6.01. The van der Waals surface area contributed by atoms with Crippen molar-refractivity contribution in [3.63, 3.8) is 0 Å². The highest BCUT2D eigenvalue weighted by Gasteiger charge is 2.62. The van der Waals surface area contributed by atoms with Gasteiger partial charge in [0.15, 0.2) is 0 Å². The molecule has 3 aliphatic rings. The van der Waals surface area contributed by atoms with Gasteiger partial charge >= 0.3 is 0 Å². The Balaban J connectivity index is 1.16. The van der Waals surface area contributed by atoms with Gasteiger partial charge in [-0.05, 0) is 117 Å². The summed E-state index contributed by atoms with van der Waals surface area (Å²) in [4.78, 5) is 4.99. The van der Waals surface area contributed by atoms with E-state index in [-0.39, 0.29) is 17.9 Å². The minimum Gasteiger partial charge on any atom is -0.359 e. The van der Waals surface area contributed by atoms with E-state index in [4.69, 9.17) is 4.74 Å². The third-order valence-electron chi connectivity index (χ3n) is 14.4. The first-order valence-corrected chi connectivity index (χ1v) is 25.6. The summed E-state index contributed by atoms with van der Waals surface area (Å²) in [7, 11) is -2.84. The molecule has 9 aromatic carbocycles. The number of para-hydroxylation sites is 2. The highest BCUT2D eigenvalue weighted by molar-refractivity contribution is 9.10. The number of hydrogen-bond donors (Lipinski definition) is 0. The minimum absolute atomic E-state index is 0.126. The lowest BCUT2D eigenvalue weighted by molar-refractivity contribution is 0.0789. The molecule has 5 heteroatoms. The average molecular weight is 896 g/mol. The van der Waals surface area contributed by atoms with Crippen molar-refractivity contribution in [2.45, 2.75) is 48.8 Å². The van der Waals surface area contributed by atoms with Crippen LogP contribution in [0.25, 0.3) is 21.5 Å². The highest BCUT2D eigenvalue weighted by Crippen LogP contribution is 2.63. The number of nitrogens with zero attached hydrogens (tertiary/aromatic N) is 2. The molecule has 0 N–H and O–H groups in total. The van der Waals surface area contributed by atoms with Crippen molar-refractivity contribution in [2.75, 3.05) is 9.80 Å². The Morgan fingerprint density at radius 1 is 0.524 bits per heavy atom. The molecular formula is C58H47BrN2OSi. The first kappa shape index (κ1) is 38.4. The predicted octanol–water partition coefficient (Wildman–Crippen LogP) is 13.8. The number of halogens is 1. The molecule has 2 bridgehead atoms. The molecule has 0 aliphatic carbocycles. The Kier molecular flexibility index (Phi) is 9.12. The number of hydrogen-bond acceptors (Lipinski definition) is 3. The van der Waals surface area contributed by atoms with Gasteiger partial charge in [-0.25, -0.2) is 0 Å². The monoisotopic (exact) mass is 894 g/mol. The summed E-state index contributed by atoms with van der Waals surface area (Å²) in [6, 6.07) is 77.1. The van der Waals surface area contributed by atoms with Crippen molar-refractivity contribution in [2.24, 2.45) is 0 Å². The van der Waals surface area contributed by atoms with Crippen molar-refractivity contribution in [3.05, 3.63) is 223 Å². The fourth-order valence-corrected chi connectivity index (χ4v) is 16.8. The van der Waals surface area contributed by atoms with E-state index in [0.717, 1.165) is 24.2 Å². The Morgan fingerprint density at radius 3 is 1.73 bits per heavy atom. The van der Waals surface area contributed by atoms with Crippen LogP contribution in [-0.2, 0) is 4.74 Å². The molecule has 3 nitrogen and oxygen atoms in total. The molecule has 12 rings (SSSR count). The van der Waals surface area contributed by atoms with Gasteiger partial charge in [-0.1, -0.05) is 174 Å². The molecule has 5 atom stereocenters. The summed E-state index contributed by atoms with van der Waals surface area (Å²) < 4.78 is 6.67. The van der Waals surface area contributed by atoms with Crippen LogP contribution in [0.2, 0.25) is 6.55 Å². The van der Waals surface area contributed by atoms with Gasteiger partial charge in [-0.3, -0.25) is 0 Å². The van der Waals surface area contributed by atoms with E-state index in [1.807, 2.05) is 0 Å². The van der Waals surface area contributed by atoms with Crippen LogP contribution in [0.5, 0.6) is 0 Å². The summed E-state index contributed by atoms with van der Waals surface area (Å²) in [6.45, 7) is 4.86. The number of alkyl halides is 1. The Morgan fingerprint density at radius 2 is 1.05 bits per heavy atom. The number of anilines is 6. The van der Waals surface area contributed by atoms with Gasteiger partial charge < -0.3 is 14.5 Å². The number of ether oxygens (including phenoxy) is 1. The maximum atomic E-state index is 7.11. The van der Waals surface area contributed by atoms with E-state index in [9.17, 15) is 0 Å². The zero-order valence-electron chi connectivity index (χ0n) is 35.5. The summed E-state index contributed by atoms with van der Waals surface area (Å²) in [5.41, 5.74) is 11.1. The smallest absolute Gasteiger partial charge is 0.146 e. The number of rotatable bonds is 7. The molecule has 63 heavy (non-hydrogen) atoms. The zero-order valence-corrected chi connectivity index (χ0v) is 38.0. The van der Waals surface area contributed by atoms with Gasteiger partial charge in [0.25, 0.3) is 0 Å². The van der Waals surface area contributed by atoms with E-state index in [1.165, 1.54) is 76.5 Å². The molecule has 9 aromatic rings. The fourth-order valence-electron chi connectivity index (χ4n) is 11.5. The second-order valence-electron chi connectivity index (χ2n) is 17.8. The van der Waals surface area contributed by atoms with Gasteiger partial charge in [-0.2, -0.15) is 0 Å². The molecule has 2 fully saturated rings. The molecule has 5 unspecified atom stereocenters. The van der Waals surface area contributed by atoms with Gasteiger partial charge in [0, 0.05) is 45.4 Å². The molecule has 0 amide bonds. The van der Waals surface area contributed by atoms with Crippen LogP contribution in [0.4, 0.5) is 34.1 Å². The lowest BCUT2D eigenvalue weighted by Crippen LogP contribution is -2.66. The van der Waals surface area contributed by atoms with Crippen molar-refractivity contribution < 1.29 is 4.74 Å². The second kappa shape index (κ2) is 14.9. The molecule has 2 saturated heterocycles. The number of fused-ring (bicyclic) bond motifs is 11. The summed E-state index contributed by atoms with van der Waals surface area (Å²) in [6.07, 6.45) is 2.16. The predicted molar refractivity (Wildman–Crippen MR) is 270 cm³/mol. The highest BCUT2D eigenvalue weighted by atomic mass is 79.9. The standard InChI is InChI=1S/C58H47BrN2OSi/c1-39-17-9-14-28-50(39)61(52-30-16-21-41-19-11-13-27-47(41)52)44-32-34-49-55(38-44)63(2,45-24-7-4-8-25-45)54-37-43(31-33-48(54)56-53-35-36-58(59,62-53)57(49)56)60(42-22-5-3-6-23-42)51-29-15-20-40-18-10-12-26-46(40)51/h3-34,37-38,53,56-57H,35-36H2,1-2H3. The van der Waals surface area contributed by atoms with Crippen molar-refractivity contribution in [3.8, 4) is 0 Å². The van der Waals surface area contributed by atoms with Crippen LogP contribution in [0.1, 0.15) is 41.4 Å². The number of benzene rings is 9. The molecule has 0 saturated carbocycles. The fraction of sp³-hybridized carbons (Fsp3) is 0.138. The topological polar surface area (TPSA) is 15.7 Å². The summed E-state index contributed by atoms with van der Waals surface area (Å²) in [5, 5.41) is 9.22. The molecule has 0 aromatic heterocycles. The summed E-state index contributed by atoms with van der Waals surface area (Å²) >= 11 is 4.33. The minimum atomic E-state index is -2.84. The van der Waals surface area contributed by atoms with E-state index in [0.29, 0.717) is 0 Å². The molecular weight excluding hydrogens is 849 g/mol. The van der Waals surface area contributed by atoms with E-state index in [1.54, 1.807) is 0 Å². The molecule has 3 aliphatic heterocycles. The molecule has 306 valence electrons. The van der Waals surface area contributed by atoms with Crippen LogP contribution in [0, 0.1) is 6.92 Å². The maximum absolute atomic E-state index is 7.11. The largest absolute Gasteiger partial charge is 0.359 e. The van der Waals surface area contributed by atoms with E-state index < -0.39 is 12.6 Å². The van der Waals surface area contributed by atoms with Crippen molar-refractivity contribution in [1.29, 1.82) is 0 Å². The Bertz CT molecular complexity index is 3200. The average Bonchev–Trinajstić information content (AvgIpc) is 3.84. The van der Waals surface area contributed by atoms with Crippen LogP contribution in [0.15, 0.2) is 206 Å². The van der Waals surface area contributed by atoms with Crippen molar-refractivity contribution >= 4 is 95.2 Å². The second-order valence-corrected chi connectivity index (χ2v) is 23.1. The van der Waals surface area contributed by atoms with E-state index in [2.05, 4.69) is 245 Å². The molecule has 0 radical (unpaired) electrons. The normalized spacial score (nSPS) is 22.0. The Hall–Kier alpha value is -6.24. The first-order valence-electron chi connectivity index (χ1n) is 22.3. The van der Waals surface area contributed by atoms with Crippen LogP contribution >= 0.6 is 15.9 Å². The SMILES string of the molecule is Cc1ccccc1N(c1ccc2c(c1)[Si](C)(c1ccccc1)c1cc(N(c3ccccc3)c3cccc4ccccc34)ccc1C1C3CCC(Br)(O3)C21)c1cccc2ccccc12. The maximum Gasteiger partial charge on any atom is 0.146 e. The van der Waals surface area contributed by atoms with Gasteiger partial charge in [0.05, 0.1) is 17.5 Å². The van der Waals surface area contributed by atoms with Gasteiger partial charge in [0.1, 0.15) is 12.6 Å². The van der Waals surface area contributed by atoms with E-state index >= 15 is 0 Å². The van der Waals surface area contributed by atoms with Crippen molar-refractivity contribution in [1.82, 2.24) is 0 Å². The van der Waals surface area contributed by atoms with Gasteiger partial charge in [0.2, 0.25) is 0 Å². The molecule has 0 spiro atoms. The Labute approximate surface area is 379 Å². The summed E-state index contributed by atoms with van der Waals surface area (Å²) in [5.74, 6) is 0.355. The molecule has 3 heterocycles. The zero-order chi connectivity index (χ0) is 42.3. The van der Waals surface area contributed by atoms with Gasteiger partial charge in [-0.15, -0.1) is 0 Å². The quantitative estimate of drug-likeness (QED) is 0.117. The lowest BCUT2D eigenvalue weighted by atomic mass is 9.72. The van der Waals surface area contributed by atoms with Crippen LogP contribution in [-0.4, -0.2) is 18.7 Å². The third-order valence-corrected chi connectivity index (χ3v) is 20.0.